The van der Waals surface area contributed by atoms with Crippen molar-refractivity contribution in [2.24, 2.45) is 0 Å². The first-order valence-corrected chi connectivity index (χ1v) is 8.08. The van der Waals surface area contributed by atoms with E-state index in [0.717, 1.165) is 15.6 Å². The van der Waals surface area contributed by atoms with Crippen molar-refractivity contribution >= 4 is 34.6 Å². The van der Waals surface area contributed by atoms with Gasteiger partial charge in [0.25, 0.3) is 0 Å². The number of nitrogens with zero attached hydrogens (tertiary/aromatic N) is 1. The van der Waals surface area contributed by atoms with E-state index in [0.29, 0.717) is 11.3 Å². The van der Waals surface area contributed by atoms with Crippen molar-refractivity contribution in [2.45, 2.75) is 17.6 Å². The molecule has 0 radical (unpaired) electrons. The second kappa shape index (κ2) is 7.28. The Labute approximate surface area is 131 Å². The highest BCUT2D eigenvalue weighted by Crippen LogP contribution is 2.31. The van der Waals surface area contributed by atoms with Gasteiger partial charge < -0.3 is 9.84 Å². The fraction of sp³-hybridized carbons (Fsp3) is 0.200. The molecule has 0 spiro atoms. The van der Waals surface area contributed by atoms with Crippen LogP contribution in [0.1, 0.15) is 16.3 Å². The Hall–Kier alpha value is -1.79. The summed E-state index contributed by atoms with van der Waals surface area (Å²) in [5.74, 6) is -0.296. The van der Waals surface area contributed by atoms with Gasteiger partial charge in [0.2, 0.25) is 0 Å². The zero-order valence-corrected chi connectivity index (χ0v) is 13.3. The van der Waals surface area contributed by atoms with Crippen LogP contribution in [0.3, 0.4) is 0 Å². The predicted octanol–water partition coefficient (Wildman–Crippen LogP) is 3.82. The molecule has 0 fully saturated rings. The van der Waals surface area contributed by atoms with Gasteiger partial charge in [-0.1, -0.05) is 18.2 Å². The number of aromatic nitrogens is 1. The number of thioether (sulfide) groups is 1. The van der Waals surface area contributed by atoms with Gasteiger partial charge in [0.1, 0.15) is 5.57 Å². The number of benzene rings is 1. The first-order chi connectivity index (χ1) is 10.1. The van der Waals surface area contributed by atoms with Gasteiger partial charge in [0, 0.05) is 21.6 Å². The van der Waals surface area contributed by atoms with E-state index in [1.165, 1.54) is 13.4 Å². The summed E-state index contributed by atoms with van der Waals surface area (Å²) >= 11 is 3.18. The average Bonchev–Trinajstić information content (AvgIpc) is 2.88. The number of rotatable bonds is 6. The standard InChI is InChI=1S/C15H15NO3S2/c1-10-16-11(8-20-10)9-21-14-6-4-3-5-12(14)13(7-19-2)15(17)18/h3-8H,9H2,1-2H3,(H,17,18)/b13-7+. The second-order valence-corrected chi connectivity index (χ2v) is 6.29. The van der Waals surface area contributed by atoms with Crippen LogP contribution in [0.15, 0.2) is 40.8 Å². The minimum atomic E-state index is -1.01. The second-order valence-electron chi connectivity index (χ2n) is 4.22. The van der Waals surface area contributed by atoms with Crippen molar-refractivity contribution in [1.29, 1.82) is 0 Å². The normalized spacial score (nSPS) is 11.4. The molecule has 0 aliphatic rings. The molecule has 6 heteroatoms. The summed E-state index contributed by atoms with van der Waals surface area (Å²) in [4.78, 5) is 16.7. The average molecular weight is 321 g/mol. The van der Waals surface area contributed by atoms with E-state index in [1.807, 2.05) is 30.5 Å². The van der Waals surface area contributed by atoms with Gasteiger partial charge in [0.05, 0.1) is 24.1 Å². The Morgan fingerprint density at radius 3 is 2.86 bits per heavy atom. The minimum absolute atomic E-state index is 0.148. The van der Waals surface area contributed by atoms with Crippen molar-refractivity contribution < 1.29 is 14.6 Å². The Morgan fingerprint density at radius 1 is 1.48 bits per heavy atom. The number of ether oxygens (including phenoxy) is 1. The molecule has 0 amide bonds. The molecular weight excluding hydrogens is 306 g/mol. The lowest BCUT2D eigenvalue weighted by atomic mass is 10.1. The molecule has 1 aromatic carbocycles. The van der Waals surface area contributed by atoms with E-state index in [9.17, 15) is 9.90 Å². The van der Waals surface area contributed by atoms with Crippen LogP contribution in [0.5, 0.6) is 0 Å². The molecule has 0 atom stereocenters. The van der Waals surface area contributed by atoms with Crippen LogP contribution in [-0.2, 0) is 15.3 Å². The zero-order valence-electron chi connectivity index (χ0n) is 11.7. The summed E-state index contributed by atoms with van der Waals surface area (Å²) in [7, 11) is 1.44. The summed E-state index contributed by atoms with van der Waals surface area (Å²) in [5.41, 5.74) is 1.81. The molecule has 0 aliphatic heterocycles. The Kier molecular flexibility index (Phi) is 5.41. The van der Waals surface area contributed by atoms with Crippen molar-refractivity contribution in [1.82, 2.24) is 4.98 Å². The molecule has 110 valence electrons. The molecule has 1 N–H and O–H groups in total. The number of carboxylic acids is 1. The maximum absolute atomic E-state index is 11.4. The van der Waals surface area contributed by atoms with Gasteiger partial charge in [-0.3, -0.25) is 0 Å². The number of hydrogen-bond acceptors (Lipinski definition) is 5. The van der Waals surface area contributed by atoms with Crippen LogP contribution < -0.4 is 0 Å². The third-order valence-corrected chi connectivity index (χ3v) is 4.61. The topological polar surface area (TPSA) is 59.4 Å². The molecule has 1 aromatic heterocycles. The zero-order chi connectivity index (χ0) is 15.2. The van der Waals surface area contributed by atoms with Crippen LogP contribution in [0.2, 0.25) is 0 Å². The summed E-state index contributed by atoms with van der Waals surface area (Å²) < 4.78 is 4.88. The van der Waals surface area contributed by atoms with Crippen molar-refractivity contribution in [3.05, 3.63) is 52.2 Å². The van der Waals surface area contributed by atoms with Crippen LogP contribution in [0.25, 0.3) is 5.57 Å². The third kappa shape index (κ3) is 4.09. The lowest BCUT2D eigenvalue weighted by molar-refractivity contribution is -0.130. The first-order valence-electron chi connectivity index (χ1n) is 6.21. The maximum Gasteiger partial charge on any atom is 0.339 e. The number of carbonyl (C=O) groups is 1. The van der Waals surface area contributed by atoms with Crippen molar-refractivity contribution in [3.8, 4) is 0 Å². The van der Waals surface area contributed by atoms with E-state index in [2.05, 4.69) is 4.98 Å². The van der Waals surface area contributed by atoms with Gasteiger partial charge in [-0.25, -0.2) is 9.78 Å². The lowest BCUT2D eigenvalue weighted by Crippen LogP contribution is -2.01. The molecule has 0 unspecified atom stereocenters. The quantitative estimate of drug-likeness (QED) is 0.498. The molecule has 0 saturated heterocycles. The highest BCUT2D eigenvalue weighted by Gasteiger charge is 2.15. The van der Waals surface area contributed by atoms with E-state index < -0.39 is 5.97 Å². The van der Waals surface area contributed by atoms with E-state index in [-0.39, 0.29) is 5.57 Å². The Bertz CT molecular complexity index is 664. The van der Waals surface area contributed by atoms with Gasteiger partial charge in [-0.2, -0.15) is 0 Å². The van der Waals surface area contributed by atoms with E-state index >= 15 is 0 Å². The number of thiazole rings is 1. The predicted molar refractivity (Wildman–Crippen MR) is 85.5 cm³/mol. The van der Waals surface area contributed by atoms with Crippen molar-refractivity contribution in [3.63, 3.8) is 0 Å². The van der Waals surface area contributed by atoms with E-state index in [4.69, 9.17) is 4.74 Å². The monoisotopic (exact) mass is 321 g/mol. The molecule has 2 aromatic rings. The smallest absolute Gasteiger partial charge is 0.339 e. The van der Waals surface area contributed by atoms with E-state index in [1.54, 1.807) is 29.2 Å². The first kappa shape index (κ1) is 15.6. The minimum Gasteiger partial charge on any atom is -0.503 e. The fourth-order valence-corrected chi connectivity index (χ4v) is 3.47. The van der Waals surface area contributed by atoms with Gasteiger partial charge in [-0.05, 0) is 13.0 Å². The van der Waals surface area contributed by atoms with Crippen LogP contribution in [0.4, 0.5) is 0 Å². The van der Waals surface area contributed by atoms with Crippen LogP contribution in [0, 0.1) is 6.92 Å². The summed E-state index contributed by atoms with van der Waals surface area (Å²) in [6, 6.07) is 7.41. The lowest BCUT2D eigenvalue weighted by Gasteiger charge is -2.09. The molecule has 1 heterocycles. The summed E-state index contributed by atoms with van der Waals surface area (Å²) in [6.45, 7) is 1.97. The number of hydrogen-bond donors (Lipinski definition) is 1. The van der Waals surface area contributed by atoms with Gasteiger partial charge in [0.15, 0.2) is 0 Å². The highest BCUT2D eigenvalue weighted by atomic mass is 32.2. The number of carboxylic acid groups (broad SMARTS) is 1. The molecule has 2 rings (SSSR count). The number of methoxy groups -OCH3 is 1. The van der Waals surface area contributed by atoms with Gasteiger partial charge in [-0.15, -0.1) is 23.1 Å². The largest absolute Gasteiger partial charge is 0.503 e. The maximum atomic E-state index is 11.4. The molecule has 0 saturated carbocycles. The molecule has 0 bridgehead atoms. The third-order valence-electron chi connectivity index (χ3n) is 2.69. The SMILES string of the molecule is CO/C=C(/C(=O)O)c1ccccc1SCc1csc(C)n1. The van der Waals surface area contributed by atoms with Crippen LogP contribution >= 0.6 is 23.1 Å². The molecule has 21 heavy (non-hydrogen) atoms. The highest BCUT2D eigenvalue weighted by molar-refractivity contribution is 7.98. The Balaban J connectivity index is 2.24. The molecule has 0 aliphatic carbocycles. The Morgan fingerprint density at radius 2 is 2.24 bits per heavy atom. The summed E-state index contributed by atoms with van der Waals surface area (Å²) in [6.07, 6.45) is 1.26. The summed E-state index contributed by atoms with van der Waals surface area (Å²) in [5, 5.41) is 12.4. The fourth-order valence-electron chi connectivity index (χ4n) is 1.79. The number of aryl methyl sites for hydroxylation is 1. The number of aliphatic carboxylic acids is 1. The van der Waals surface area contributed by atoms with Crippen molar-refractivity contribution in [2.75, 3.05) is 7.11 Å². The molecule has 4 nitrogen and oxygen atoms in total. The van der Waals surface area contributed by atoms with Crippen LogP contribution in [-0.4, -0.2) is 23.2 Å². The molecular formula is C15H15NO3S2. The van der Waals surface area contributed by atoms with Gasteiger partial charge >= 0.3 is 5.97 Å².